The second-order valence-electron chi connectivity index (χ2n) is 2.32. The van der Waals surface area contributed by atoms with Gasteiger partial charge in [0.05, 0.1) is 5.92 Å². The maximum Gasteiger partial charge on any atom is 0.142 e. The number of hydrogen-bond acceptors (Lipinski definition) is 1. The Morgan fingerprint density at radius 1 is 1.78 bits per heavy atom. The van der Waals surface area contributed by atoms with E-state index in [2.05, 4.69) is 0 Å². The summed E-state index contributed by atoms with van der Waals surface area (Å²) in [6.07, 6.45) is 2.58. The van der Waals surface area contributed by atoms with Crippen molar-refractivity contribution in [2.75, 3.05) is 0 Å². The molecule has 1 rings (SSSR count). The van der Waals surface area contributed by atoms with Crippen LogP contribution < -0.4 is 0 Å². The van der Waals surface area contributed by atoms with Crippen LogP contribution in [0.3, 0.4) is 0 Å². The minimum absolute atomic E-state index is 0.0231. The van der Waals surface area contributed by atoms with Gasteiger partial charge in [0, 0.05) is 6.42 Å². The van der Waals surface area contributed by atoms with Crippen LogP contribution in [0.5, 0.6) is 0 Å². The van der Waals surface area contributed by atoms with E-state index in [4.69, 9.17) is 0 Å². The zero-order valence-electron chi connectivity index (χ0n) is 5.36. The van der Waals surface area contributed by atoms with Crippen molar-refractivity contribution in [3.8, 4) is 0 Å². The first-order valence-electron chi connectivity index (χ1n) is 3.10. The fraction of sp³-hybridized carbons (Fsp3) is 0.571. The van der Waals surface area contributed by atoms with E-state index in [1.165, 1.54) is 6.08 Å². The SMILES string of the molecule is C[C@H]1C(=O)CCC=C1F. The molecule has 0 aliphatic heterocycles. The van der Waals surface area contributed by atoms with Crippen molar-refractivity contribution in [3.63, 3.8) is 0 Å². The first kappa shape index (κ1) is 6.46. The average Bonchev–Trinajstić information content (AvgIpc) is 1.83. The van der Waals surface area contributed by atoms with Crippen molar-refractivity contribution in [1.82, 2.24) is 0 Å². The normalized spacial score (nSPS) is 28.0. The monoisotopic (exact) mass is 128 g/mol. The Morgan fingerprint density at radius 2 is 2.44 bits per heavy atom. The zero-order chi connectivity index (χ0) is 6.85. The molecule has 1 aliphatic rings. The predicted molar refractivity (Wildman–Crippen MR) is 32.6 cm³/mol. The third-order valence-corrected chi connectivity index (χ3v) is 1.63. The maximum absolute atomic E-state index is 12.5. The van der Waals surface area contributed by atoms with Gasteiger partial charge in [0.2, 0.25) is 0 Å². The predicted octanol–water partition coefficient (Wildman–Crippen LogP) is 1.84. The maximum atomic E-state index is 12.5. The molecule has 0 bridgehead atoms. The van der Waals surface area contributed by atoms with E-state index in [-0.39, 0.29) is 11.6 Å². The van der Waals surface area contributed by atoms with Gasteiger partial charge in [-0.15, -0.1) is 0 Å². The lowest BCUT2D eigenvalue weighted by Crippen LogP contribution is -2.14. The number of carbonyl (C=O) groups excluding carboxylic acids is 1. The molecule has 0 radical (unpaired) electrons. The third kappa shape index (κ3) is 1.18. The lowest BCUT2D eigenvalue weighted by atomic mass is 9.95. The fourth-order valence-electron chi connectivity index (χ4n) is 0.899. The number of allylic oxidation sites excluding steroid dienone is 2. The largest absolute Gasteiger partial charge is 0.299 e. The molecule has 0 aromatic rings. The number of carbonyl (C=O) groups is 1. The van der Waals surface area contributed by atoms with Crippen LogP contribution >= 0.6 is 0 Å². The van der Waals surface area contributed by atoms with E-state index in [9.17, 15) is 9.18 Å². The molecule has 0 heterocycles. The highest BCUT2D eigenvalue weighted by Crippen LogP contribution is 2.21. The lowest BCUT2D eigenvalue weighted by molar-refractivity contribution is -0.122. The number of ketones is 1. The van der Waals surface area contributed by atoms with Gasteiger partial charge < -0.3 is 0 Å². The summed E-state index contributed by atoms with van der Waals surface area (Å²) in [4.78, 5) is 10.7. The molecule has 0 spiro atoms. The van der Waals surface area contributed by atoms with Crippen LogP contribution in [0.25, 0.3) is 0 Å². The van der Waals surface area contributed by atoms with Gasteiger partial charge >= 0.3 is 0 Å². The minimum Gasteiger partial charge on any atom is -0.299 e. The molecule has 9 heavy (non-hydrogen) atoms. The quantitative estimate of drug-likeness (QED) is 0.486. The highest BCUT2D eigenvalue weighted by Gasteiger charge is 2.20. The van der Waals surface area contributed by atoms with Gasteiger partial charge in [-0.3, -0.25) is 4.79 Å². The second kappa shape index (κ2) is 2.29. The van der Waals surface area contributed by atoms with Crippen molar-refractivity contribution in [2.24, 2.45) is 5.92 Å². The van der Waals surface area contributed by atoms with Crippen LogP contribution in [0.4, 0.5) is 4.39 Å². The molecule has 0 N–H and O–H groups in total. The molecule has 0 saturated carbocycles. The average molecular weight is 128 g/mol. The molecule has 0 saturated heterocycles. The van der Waals surface area contributed by atoms with Crippen molar-refractivity contribution in [2.45, 2.75) is 19.8 Å². The van der Waals surface area contributed by atoms with Crippen molar-refractivity contribution in [3.05, 3.63) is 11.9 Å². The van der Waals surface area contributed by atoms with Crippen LogP contribution in [0.1, 0.15) is 19.8 Å². The number of hydrogen-bond donors (Lipinski definition) is 0. The van der Waals surface area contributed by atoms with Crippen molar-refractivity contribution < 1.29 is 9.18 Å². The molecular weight excluding hydrogens is 119 g/mol. The van der Waals surface area contributed by atoms with E-state index >= 15 is 0 Å². The topological polar surface area (TPSA) is 17.1 Å². The Kier molecular flexibility index (Phi) is 1.65. The third-order valence-electron chi connectivity index (χ3n) is 1.63. The summed E-state index contributed by atoms with van der Waals surface area (Å²) >= 11 is 0. The molecular formula is C7H9FO. The van der Waals surface area contributed by atoms with E-state index in [1.54, 1.807) is 6.92 Å². The van der Waals surface area contributed by atoms with Gasteiger partial charge in [-0.25, -0.2) is 4.39 Å². The van der Waals surface area contributed by atoms with Gasteiger partial charge in [-0.1, -0.05) is 6.08 Å². The number of halogens is 1. The lowest BCUT2D eigenvalue weighted by Gasteiger charge is -2.11. The first-order valence-corrected chi connectivity index (χ1v) is 3.10. The Bertz CT molecular complexity index is 160. The molecule has 0 fully saturated rings. The summed E-state index contributed by atoms with van der Waals surface area (Å²) in [6.45, 7) is 1.60. The Hall–Kier alpha value is -0.660. The highest BCUT2D eigenvalue weighted by atomic mass is 19.1. The highest BCUT2D eigenvalue weighted by molar-refractivity contribution is 5.84. The van der Waals surface area contributed by atoms with Gasteiger partial charge in [-0.2, -0.15) is 0 Å². The van der Waals surface area contributed by atoms with Crippen LogP contribution in [-0.2, 0) is 4.79 Å². The van der Waals surface area contributed by atoms with Gasteiger partial charge in [0.15, 0.2) is 0 Å². The molecule has 0 amide bonds. The molecule has 1 nitrogen and oxygen atoms in total. The Balaban J connectivity index is 2.74. The van der Waals surface area contributed by atoms with Crippen LogP contribution in [0, 0.1) is 5.92 Å². The Morgan fingerprint density at radius 3 is 2.89 bits per heavy atom. The number of rotatable bonds is 0. The summed E-state index contributed by atoms with van der Waals surface area (Å²) in [5, 5.41) is 0. The van der Waals surface area contributed by atoms with Crippen molar-refractivity contribution in [1.29, 1.82) is 0 Å². The van der Waals surface area contributed by atoms with E-state index in [1.807, 2.05) is 0 Å². The summed E-state index contributed by atoms with van der Waals surface area (Å²) in [5.74, 6) is -0.708. The van der Waals surface area contributed by atoms with E-state index < -0.39 is 5.92 Å². The van der Waals surface area contributed by atoms with Gasteiger partial charge in [0.25, 0.3) is 0 Å². The molecule has 0 unspecified atom stereocenters. The summed E-state index contributed by atoms with van der Waals surface area (Å²) < 4.78 is 12.5. The smallest absolute Gasteiger partial charge is 0.142 e. The Labute approximate surface area is 53.6 Å². The van der Waals surface area contributed by atoms with Gasteiger partial charge in [-0.05, 0) is 13.3 Å². The van der Waals surface area contributed by atoms with E-state index in [0.29, 0.717) is 12.8 Å². The molecule has 2 heteroatoms. The number of Topliss-reactive ketones (excluding diaryl/α,β-unsaturated/α-hetero) is 1. The minimum atomic E-state index is -0.473. The molecule has 1 atom stereocenters. The van der Waals surface area contributed by atoms with Crippen LogP contribution in [0.2, 0.25) is 0 Å². The molecule has 50 valence electrons. The van der Waals surface area contributed by atoms with Gasteiger partial charge in [0.1, 0.15) is 11.6 Å². The standard InChI is InChI=1S/C7H9FO/c1-5-6(8)3-2-4-7(5)9/h3,5H,2,4H2,1H3/t5-/m1/s1. The zero-order valence-corrected chi connectivity index (χ0v) is 5.36. The van der Waals surface area contributed by atoms with Crippen LogP contribution in [0.15, 0.2) is 11.9 Å². The fourth-order valence-corrected chi connectivity index (χ4v) is 0.899. The molecule has 0 aromatic carbocycles. The summed E-state index contributed by atoms with van der Waals surface area (Å²) in [7, 11) is 0. The summed E-state index contributed by atoms with van der Waals surface area (Å²) in [5.41, 5.74) is 0. The second-order valence-corrected chi connectivity index (χ2v) is 2.32. The van der Waals surface area contributed by atoms with Crippen molar-refractivity contribution >= 4 is 5.78 Å². The van der Waals surface area contributed by atoms with Crippen LogP contribution in [-0.4, -0.2) is 5.78 Å². The summed E-state index contributed by atoms with van der Waals surface area (Å²) in [6, 6.07) is 0. The molecule has 0 aromatic heterocycles. The van der Waals surface area contributed by atoms with E-state index in [0.717, 1.165) is 0 Å². The first-order chi connectivity index (χ1) is 4.22. The molecule has 1 aliphatic carbocycles.